The van der Waals surface area contributed by atoms with Crippen molar-refractivity contribution in [2.75, 3.05) is 0 Å². The number of rotatable bonds is 3. The van der Waals surface area contributed by atoms with Gasteiger partial charge in [-0.1, -0.05) is 25.4 Å². The molecule has 6 nitrogen and oxygen atoms in total. The lowest BCUT2D eigenvalue weighted by Gasteiger charge is -2.13. The summed E-state index contributed by atoms with van der Waals surface area (Å²) in [5.74, 6) is 0.454. The normalized spacial score (nSPS) is 11.4. The topological polar surface area (TPSA) is 69.8 Å². The average Bonchev–Trinajstić information content (AvgIpc) is 2.57. The standard InChI is InChI=1S/C17H17ClN4O2S/c1-9(2)25-15-12-14(21(3)17(24)22(4)16(12)23)19-13(20-15)10-5-7-11(18)8-6-10/h5-9H,1-4H3. The summed E-state index contributed by atoms with van der Waals surface area (Å²) < 4.78 is 2.46. The second-order valence-corrected chi connectivity index (χ2v) is 7.93. The number of benzene rings is 1. The third-order valence-electron chi connectivity index (χ3n) is 3.72. The lowest BCUT2D eigenvalue weighted by Crippen LogP contribution is -2.37. The van der Waals surface area contributed by atoms with E-state index in [1.165, 1.54) is 23.4 Å². The van der Waals surface area contributed by atoms with Crippen LogP contribution in [0.15, 0.2) is 38.9 Å². The minimum atomic E-state index is -0.418. The summed E-state index contributed by atoms with van der Waals surface area (Å²) in [6.45, 7) is 4.04. The molecule has 0 N–H and O–H groups in total. The maximum absolute atomic E-state index is 12.6. The number of aryl methyl sites for hydroxylation is 1. The van der Waals surface area contributed by atoms with Crippen LogP contribution < -0.4 is 11.2 Å². The fraction of sp³-hybridized carbons (Fsp3) is 0.294. The van der Waals surface area contributed by atoms with Gasteiger partial charge in [-0.15, -0.1) is 11.8 Å². The van der Waals surface area contributed by atoms with E-state index in [0.29, 0.717) is 26.9 Å². The Hall–Kier alpha value is -2.12. The fourth-order valence-electron chi connectivity index (χ4n) is 2.47. The molecule has 130 valence electrons. The van der Waals surface area contributed by atoms with Gasteiger partial charge in [0.2, 0.25) is 0 Å². The molecule has 2 heterocycles. The molecule has 0 amide bonds. The maximum atomic E-state index is 12.6. The van der Waals surface area contributed by atoms with Gasteiger partial charge >= 0.3 is 5.69 Å². The van der Waals surface area contributed by atoms with E-state index in [9.17, 15) is 9.59 Å². The SMILES string of the molecule is CC(C)Sc1nc(-c2ccc(Cl)cc2)nc2c1c(=O)n(C)c(=O)n2C. The monoisotopic (exact) mass is 376 g/mol. The number of halogens is 1. The fourth-order valence-corrected chi connectivity index (χ4v) is 3.47. The molecule has 0 atom stereocenters. The molecule has 0 aliphatic rings. The van der Waals surface area contributed by atoms with Crippen LogP contribution in [0.4, 0.5) is 0 Å². The third-order valence-corrected chi connectivity index (χ3v) is 4.96. The Morgan fingerprint density at radius 3 is 2.28 bits per heavy atom. The highest BCUT2D eigenvalue weighted by atomic mass is 35.5. The van der Waals surface area contributed by atoms with Crippen molar-refractivity contribution in [2.45, 2.75) is 24.1 Å². The van der Waals surface area contributed by atoms with Gasteiger partial charge in [0.1, 0.15) is 10.4 Å². The summed E-state index contributed by atoms with van der Waals surface area (Å²) >= 11 is 7.42. The van der Waals surface area contributed by atoms with Gasteiger partial charge in [-0.25, -0.2) is 14.8 Å². The van der Waals surface area contributed by atoms with Crippen LogP contribution in [-0.4, -0.2) is 24.4 Å². The molecular weight excluding hydrogens is 360 g/mol. The summed E-state index contributed by atoms with van der Waals surface area (Å²) in [6.07, 6.45) is 0. The molecule has 0 spiro atoms. The maximum Gasteiger partial charge on any atom is 0.332 e. The number of nitrogens with zero attached hydrogens (tertiary/aromatic N) is 4. The van der Waals surface area contributed by atoms with E-state index in [-0.39, 0.29) is 10.8 Å². The smallest absolute Gasteiger partial charge is 0.280 e. The number of fused-ring (bicyclic) bond motifs is 1. The van der Waals surface area contributed by atoms with Crippen molar-refractivity contribution < 1.29 is 0 Å². The zero-order valence-corrected chi connectivity index (χ0v) is 15.9. The molecular formula is C17H17ClN4O2S. The molecule has 3 aromatic rings. The van der Waals surface area contributed by atoms with Gasteiger partial charge in [0.15, 0.2) is 11.5 Å². The summed E-state index contributed by atoms with van der Waals surface area (Å²) in [4.78, 5) is 34.0. The zero-order chi connectivity index (χ0) is 18.3. The Morgan fingerprint density at radius 2 is 1.68 bits per heavy atom. The van der Waals surface area contributed by atoms with Gasteiger partial charge in [-0.05, 0) is 24.3 Å². The third kappa shape index (κ3) is 3.21. The van der Waals surface area contributed by atoms with Crippen molar-refractivity contribution in [3.8, 4) is 11.4 Å². The van der Waals surface area contributed by atoms with Crippen LogP contribution in [0.1, 0.15) is 13.8 Å². The molecule has 0 fully saturated rings. The first kappa shape index (κ1) is 17.7. The van der Waals surface area contributed by atoms with Crippen molar-refractivity contribution >= 4 is 34.4 Å². The summed E-state index contributed by atoms with van der Waals surface area (Å²) in [6, 6.07) is 7.13. The molecule has 0 saturated heterocycles. The average molecular weight is 377 g/mol. The quantitative estimate of drug-likeness (QED) is 0.519. The molecule has 0 aliphatic carbocycles. The molecule has 0 radical (unpaired) electrons. The van der Waals surface area contributed by atoms with Crippen LogP contribution in [0, 0.1) is 0 Å². The zero-order valence-electron chi connectivity index (χ0n) is 14.3. The number of hydrogen-bond donors (Lipinski definition) is 0. The van der Waals surface area contributed by atoms with Gasteiger partial charge in [0.25, 0.3) is 5.56 Å². The van der Waals surface area contributed by atoms with Gasteiger partial charge in [-0.2, -0.15) is 0 Å². The largest absolute Gasteiger partial charge is 0.332 e. The molecule has 25 heavy (non-hydrogen) atoms. The predicted molar refractivity (Wildman–Crippen MR) is 101 cm³/mol. The lowest BCUT2D eigenvalue weighted by molar-refractivity contribution is 0.703. The number of hydrogen-bond acceptors (Lipinski definition) is 5. The highest BCUT2D eigenvalue weighted by Crippen LogP contribution is 2.28. The first-order valence-corrected chi connectivity index (χ1v) is 8.95. The number of aromatic nitrogens is 4. The number of thioether (sulfide) groups is 1. The minimum absolute atomic E-state index is 0.220. The van der Waals surface area contributed by atoms with E-state index >= 15 is 0 Å². The molecule has 1 aromatic carbocycles. The van der Waals surface area contributed by atoms with E-state index in [4.69, 9.17) is 11.6 Å². The molecule has 3 rings (SSSR count). The molecule has 0 bridgehead atoms. The van der Waals surface area contributed by atoms with Crippen molar-refractivity contribution in [2.24, 2.45) is 14.1 Å². The van der Waals surface area contributed by atoms with Crippen LogP contribution in [0.25, 0.3) is 22.4 Å². The van der Waals surface area contributed by atoms with Gasteiger partial charge < -0.3 is 0 Å². The second-order valence-electron chi connectivity index (χ2n) is 5.93. The van der Waals surface area contributed by atoms with E-state index in [0.717, 1.165) is 10.1 Å². The van der Waals surface area contributed by atoms with Crippen LogP contribution in [0.2, 0.25) is 5.02 Å². The lowest BCUT2D eigenvalue weighted by atomic mass is 10.2. The Balaban J connectivity index is 2.41. The van der Waals surface area contributed by atoms with Crippen molar-refractivity contribution in [1.82, 2.24) is 19.1 Å². The van der Waals surface area contributed by atoms with Gasteiger partial charge in [0.05, 0.1) is 0 Å². The second kappa shape index (κ2) is 6.65. The van der Waals surface area contributed by atoms with Crippen LogP contribution >= 0.6 is 23.4 Å². The highest BCUT2D eigenvalue weighted by Gasteiger charge is 2.18. The van der Waals surface area contributed by atoms with E-state index in [2.05, 4.69) is 9.97 Å². The first-order chi connectivity index (χ1) is 11.8. The summed E-state index contributed by atoms with van der Waals surface area (Å²) in [5.41, 5.74) is 0.295. The molecule has 2 aromatic heterocycles. The minimum Gasteiger partial charge on any atom is -0.280 e. The van der Waals surface area contributed by atoms with Crippen LogP contribution in [0.5, 0.6) is 0 Å². The molecule has 0 unspecified atom stereocenters. The summed E-state index contributed by atoms with van der Waals surface area (Å²) in [5, 5.41) is 1.77. The molecule has 0 aliphatic heterocycles. The van der Waals surface area contributed by atoms with E-state index in [1.807, 2.05) is 26.0 Å². The molecule has 0 saturated carbocycles. The summed E-state index contributed by atoms with van der Waals surface area (Å²) in [7, 11) is 3.06. The molecule has 8 heteroatoms. The van der Waals surface area contributed by atoms with Crippen LogP contribution in [0.3, 0.4) is 0 Å². The highest BCUT2D eigenvalue weighted by molar-refractivity contribution is 8.00. The Kier molecular flexibility index (Phi) is 4.71. The van der Waals surface area contributed by atoms with Crippen LogP contribution in [-0.2, 0) is 14.1 Å². The van der Waals surface area contributed by atoms with E-state index < -0.39 is 5.69 Å². The van der Waals surface area contributed by atoms with Crippen molar-refractivity contribution in [1.29, 1.82) is 0 Å². The van der Waals surface area contributed by atoms with E-state index in [1.54, 1.807) is 19.2 Å². The van der Waals surface area contributed by atoms with Crippen molar-refractivity contribution in [3.63, 3.8) is 0 Å². The Morgan fingerprint density at radius 1 is 1.04 bits per heavy atom. The van der Waals surface area contributed by atoms with Gasteiger partial charge in [0, 0.05) is 29.9 Å². The van der Waals surface area contributed by atoms with Gasteiger partial charge in [-0.3, -0.25) is 13.9 Å². The predicted octanol–water partition coefficient (Wildman–Crippen LogP) is 2.85. The Bertz CT molecular complexity index is 1070. The first-order valence-electron chi connectivity index (χ1n) is 7.70. The van der Waals surface area contributed by atoms with Crippen molar-refractivity contribution in [3.05, 3.63) is 50.1 Å². The Labute approximate surface area is 153 Å².